The molecule has 11 heteroatoms. The van der Waals surface area contributed by atoms with E-state index in [0.29, 0.717) is 45.6 Å². The summed E-state index contributed by atoms with van der Waals surface area (Å²) in [4.78, 5) is 32.9. The quantitative estimate of drug-likeness (QED) is 0.539. The van der Waals surface area contributed by atoms with Gasteiger partial charge in [-0.3, -0.25) is 19.5 Å². The number of hydrogen-bond acceptors (Lipinski definition) is 7. The van der Waals surface area contributed by atoms with E-state index in [9.17, 15) is 14.0 Å². The van der Waals surface area contributed by atoms with Crippen molar-refractivity contribution >= 4 is 11.8 Å². The number of nitrogens with zero attached hydrogens (tertiary/aromatic N) is 5. The number of benzene rings is 1. The summed E-state index contributed by atoms with van der Waals surface area (Å²) in [6.45, 7) is 6.85. The summed E-state index contributed by atoms with van der Waals surface area (Å²) < 4.78 is 21.6. The Morgan fingerprint density at radius 1 is 1.16 bits per heavy atom. The van der Waals surface area contributed by atoms with Gasteiger partial charge in [0.1, 0.15) is 24.2 Å². The number of carbonyl (C=O) groups is 2. The first kappa shape index (κ1) is 27.2. The molecule has 2 amide bonds. The Labute approximate surface area is 221 Å². The van der Waals surface area contributed by atoms with Gasteiger partial charge in [-0.25, -0.2) is 9.07 Å². The molecule has 4 rings (SSSR count). The summed E-state index contributed by atoms with van der Waals surface area (Å²) in [5, 5.41) is 14.2. The van der Waals surface area contributed by atoms with Crippen LogP contribution in [0.15, 0.2) is 48.8 Å². The van der Waals surface area contributed by atoms with Gasteiger partial charge in [-0.1, -0.05) is 25.1 Å². The number of amides is 2. The Balaban J connectivity index is 1.56. The highest BCUT2D eigenvalue weighted by Crippen LogP contribution is 2.21. The van der Waals surface area contributed by atoms with Gasteiger partial charge < -0.3 is 15.4 Å². The van der Waals surface area contributed by atoms with Crippen molar-refractivity contribution in [2.45, 2.75) is 45.8 Å². The molecule has 0 radical (unpaired) electrons. The number of pyridine rings is 1. The van der Waals surface area contributed by atoms with E-state index in [-0.39, 0.29) is 29.7 Å². The number of hydrogen-bond donors (Lipinski definition) is 2. The van der Waals surface area contributed by atoms with Crippen LogP contribution in [0.1, 0.15) is 42.0 Å². The predicted octanol–water partition coefficient (Wildman–Crippen LogP) is 2.21. The highest BCUT2D eigenvalue weighted by molar-refractivity contribution is 5.99. The fraction of sp³-hybridized carbons (Fsp3) is 0.444. The van der Waals surface area contributed by atoms with Gasteiger partial charge in [-0.2, -0.15) is 0 Å². The van der Waals surface area contributed by atoms with Gasteiger partial charge >= 0.3 is 0 Å². The highest BCUT2D eigenvalue weighted by Gasteiger charge is 2.25. The number of rotatable bonds is 4. The Hall–Kier alpha value is -3.86. The first-order valence-corrected chi connectivity index (χ1v) is 12.9. The van der Waals surface area contributed by atoms with Crippen molar-refractivity contribution in [1.82, 2.24) is 35.5 Å². The molecule has 1 aromatic carbocycles. The fourth-order valence-electron chi connectivity index (χ4n) is 4.28. The second-order valence-corrected chi connectivity index (χ2v) is 9.76. The Morgan fingerprint density at radius 2 is 2.03 bits per heavy atom. The van der Waals surface area contributed by atoms with E-state index in [2.05, 4.69) is 30.8 Å². The molecule has 2 N–H and O–H groups in total. The second kappa shape index (κ2) is 13.1. The molecule has 0 unspecified atom stereocenters. The number of nitrogens with one attached hydrogen (secondary N) is 2. The minimum atomic E-state index is -0.772. The van der Waals surface area contributed by atoms with Crippen LogP contribution >= 0.6 is 0 Å². The van der Waals surface area contributed by atoms with Gasteiger partial charge in [0.15, 0.2) is 0 Å². The normalized spacial score (nSPS) is 18.1. The average Bonchev–Trinajstić information content (AvgIpc) is 3.35. The number of fused-ring (bicyclic) bond motifs is 3. The van der Waals surface area contributed by atoms with E-state index in [1.54, 1.807) is 10.9 Å². The van der Waals surface area contributed by atoms with Crippen molar-refractivity contribution < 1.29 is 18.7 Å². The minimum absolute atomic E-state index is 0.0356. The van der Waals surface area contributed by atoms with Gasteiger partial charge in [0.05, 0.1) is 23.5 Å². The molecular formula is C27H34FN7O3. The maximum atomic E-state index is 14.1. The van der Waals surface area contributed by atoms with Crippen LogP contribution < -0.4 is 15.4 Å². The summed E-state index contributed by atoms with van der Waals surface area (Å²) in [6, 6.07) is 8.80. The van der Waals surface area contributed by atoms with Crippen LogP contribution in [0.3, 0.4) is 0 Å². The number of ether oxygens (including phenoxy) is 1. The van der Waals surface area contributed by atoms with E-state index in [1.165, 1.54) is 12.1 Å². The largest absolute Gasteiger partial charge is 0.491 e. The molecule has 10 nitrogen and oxygen atoms in total. The van der Waals surface area contributed by atoms with E-state index >= 15 is 0 Å². The Bertz CT molecular complexity index is 1220. The second-order valence-electron chi connectivity index (χ2n) is 9.76. The smallest absolute Gasteiger partial charge is 0.255 e. The molecule has 0 saturated heterocycles. The summed E-state index contributed by atoms with van der Waals surface area (Å²) in [5.41, 5.74) is 1.80. The average molecular weight is 524 g/mol. The summed E-state index contributed by atoms with van der Waals surface area (Å²) in [6.07, 6.45) is 4.74. The SMILES string of the molecule is CC(C)C[C@H]1NC(=O)c2cc(F)ccc2OCCn2cc(nn2)CCN(Cc2ccccn2)CCNC1=O. The molecule has 2 aromatic heterocycles. The van der Waals surface area contributed by atoms with Crippen molar-refractivity contribution in [3.05, 3.63) is 71.6 Å². The molecule has 0 fully saturated rings. The van der Waals surface area contributed by atoms with Crippen molar-refractivity contribution in [3.8, 4) is 5.75 Å². The molecule has 3 heterocycles. The monoisotopic (exact) mass is 523 g/mol. The molecule has 202 valence electrons. The number of halogens is 1. The van der Waals surface area contributed by atoms with Gasteiger partial charge in [-0.15, -0.1) is 5.10 Å². The lowest BCUT2D eigenvalue weighted by Crippen LogP contribution is -2.49. The van der Waals surface area contributed by atoms with E-state index in [4.69, 9.17) is 4.74 Å². The zero-order chi connectivity index (χ0) is 26.9. The zero-order valence-corrected chi connectivity index (χ0v) is 21.8. The van der Waals surface area contributed by atoms with Crippen molar-refractivity contribution in [3.63, 3.8) is 0 Å². The molecule has 1 aliphatic heterocycles. The minimum Gasteiger partial charge on any atom is -0.491 e. The van der Waals surface area contributed by atoms with Crippen molar-refractivity contribution in [1.29, 1.82) is 0 Å². The van der Waals surface area contributed by atoms with E-state index in [1.807, 2.05) is 38.2 Å². The van der Waals surface area contributed by atoms with E-state index in [0.717, 1.165) is 17.5 Å². The first-order chi connectivity index (χ1) is 18.4. The third-order valence-corrected chi connectivity index (χ3v) is 6.20. The number of carbonyl (C=O) groups excluding carboxylic acids is 2. The first-order valence-electron chi connectivity index (χ1n) is 12.9. The Morgan fingerprint density at radius 3 is 2.82 bits per heavy atom. The molecule has 3 aromatic rings. The molecule has 2 bridgehead atoms. The maximum Gasteiger partial charge on any atom is 0.255 e. The molecule has 1 aliphatic rings. The Kier molecular flexibility index (Phi) is 9.36. The molecule has 0 aliphatic carbocycles. The van der Waals surface area contributed by atoms with Gasteiger partial charge in [0.2, 0.25) is 5.91 Å². The molecular weight excluding hydrogens is 489 g/mol. The van der Waals surface area contributed by atoms with Crippen LogP contribution in [-0.2, 0) is 24.3 Å². The van der Waals surface area contributed by atoms with Crippen LogP contribution in [0.5, 0.6) is 5.75 Å². The lowest BCUT2D eigenvalue weighted by atomic mass is 10.0. The third-order valence-electron chi connectivity index (χ3n) is 6.20. The summed E-state index contributed by atoms with van der Waals surface area (Å²) in [5.74, 6) is -1.03. The predicted molar refractivity (Wildman–Crippen MR) is 139 cm³/mol. The molecule has 0 spiro atoms. The maximum absolute atomic E-state index is 14.1. The van der Waals surface area contributed by atoms with Gasteiger partial charge in [-0.05, 0) is 42.7 Å². The topological polar surface area (TPSA) is 114 Å². The standard InChI is InChI=1S/C27H34FN7O3/c1-19(2)15-24-27(37)30-10-12-34(17-21-5-3-4-9-29-21)11-8-22-18-35(33-32-22)13-14-38-25-7-6-20(28)16-23(25)26(36)31-24/h3-7,9,16,18-19,24H,8,10-15,17H2,1-2H3,(H,30,37)(H,31,36)/t24-/m1/s1. The lowest BCUT2D eigenvalue weighted by Gasteiger charge is -2.24. The van der Waals surface area contributed by atoms with Crippen molar-refractivity contribution in [2.75, 3.05) is 26.2 Å². The summed E-state index contributed by atoms with van der Waals surface area (Å²) >= 11 is 0. The van der Waals surface area contributed by atoms with Crippen LogP contribution in [0.2, 0.25) is 0 Å². The van der Waals surface area contributed by atoms with Gasteiger partial charge in [0, 0.05) is 45.0 Å². The summed E-state index contributed by atoms with van der Waals surface area (Å²) in [7, 11) is 0. The van der Waals surface area contributed by atoms with E-state index < -0.39 is 17.8 Å². The van der Waals surface area contributed by atoms with Crippen LogP contribution in [0.4, 0.5) is 4.39 Å². The number of aromatic nitrogens is 4. The third kappa shape index (κ3) is 7.82. The van der Waals surface area contributed by atoms with Crippen LogP contribution in [-0.4, -0.2) is 69.0 Å². The lowest BCUT2D eigenvalue weighted by molar-refractivity contribution is -0.123. The molecule has 38 heavy (non-hydrogen) atoms. The van der Waals surface area contributed by atoms with Crippen LogP contribution in [0.25, 0.3) is 0 Å². The van der Waals surface area contributed by atoms with Crippen molar-refractivity contribution in [2.24, 2.45) is 5.92 Å². The van der Waals surface area contributed by atoms with Gasteiger partial charge in [0.25, 0.3) is 5.91 Å². The molecule has 0 saturated carbocycles. The van der Waals surface area contributed by atoms with Crippen LogP contribution in [0, 0.1) is 11.7 Å². The fourth-order valence-corrected chi connectivity index (χ4v) is 4.28. The zero-order valence-electron chi connectivity index (χ0n) is 21.8. The highest BCUT2D eigenvalue weighted by atomic mass is 19.1. The molecule has 1 atom stereocenters.